The summed E-state index contributed by atoms with van der Waals surface area (Å²) in [5.74, 6) is -1.01. The molecule has 1 unspecified atom stereocenters. The number of hydrogen-bond acceptors (Lipinski definition) is 6. The van der Waals surface area contributed by atoms with E-state index in [9.17, 15) is 14.4 Å². The molecule has 82 heavy (non-hydrogen) atoms. The number of unbranched alkanes of at least 4 members (excludes halogenated alkanes) is 16. The Hall–Kier alpha value is -5.49. The summed E-state index contributed by atoms with van der Waals surface area (Å²) in [6.45, 7) is 6.32. The maximum atomic E-state index is 12.9. The number of rotatable bonds is 57. The SMILES string of the molecule is CC/C=C\C/C=C\C/C=C\C/C=C\C/C=C\C/C=C\C/C=C\C/C=C\C/C=C\CCCCCC(=O)OCC(COC(=O)CCCC/C=C\C/C=C\C/C=C\C/C=C\CC)OC(=O)CCCCCCCCC/C=C\C/C=C\CCCCCC. The van der Waals surface area contributed by atoms with Crippen molar-refractivity contribution in [1.29, 1.82) is 0 Å². The van der Waals surface area contributed by atoms with Crippen LogP contribution < -0.4 is 0 Å². The van der Waals surface area contributed by atoms with Crippen LogP contribution in [0.4, 0.5) is 0 Å². The Labute approximate surface area is 504 Å². The first-order valence-corrected chi connectivity index (χ1v) is 32.8. The highest BCUT2D eigenvalue weighted by Gasteiger charge is 2.19. The molecule has 0 rings (SSSR count). The fraction of sp³-hybridized carbons (Fsp3) is 0.566. The van der Waals surface area contributed by atoms with Crippen LogP contribution in [0.5, 0.6) is 0 Å². The standard InChI is InChI=1S/C76H118O6/c1-4-7-10-13-16-19-22-25-28-30-32-33-34-35-36-37-38-39-40-41-42-43-44-46-48-51-54-57-60-63-66-69-75(78)81-72-73(71-80-74(77)68-65-62-59-56-53-50-47-27-24-21-18-15-12-9-6-3)82-76(79)70-67-64-61-58-55-52-49-45-31-29-26-23-20-17-14-11-8-5-2/h7,9-10,12,16,18-21,23,25,27-29,31-33,35-36,38-39,41-42,44,46-47,51,53-54,56,73H,4-6,8,11,13-15,17,22,24,26,30,34,37,40,43,45,48-50,52,55,57-72H2,1-3H3/b10-7-,12-9-,19-16-,21-18-,23-20-,28-25-,31-29-,33-32-,36-35-,39-38-,42-41-,46-44-,47-27-,54-51-,56-53-. The number of carbonyl (C=O) groups is 3. The average molecular weight is 1130 g/mol. The first-order chi connectivity index (χ1) is 40.5. The summed E-state index contributed by atoms with van der Waals surface area (Å²) in [6, 6.07) is 0. The zero-order valence-corrected chi connectivity index (χ0v) is 52.4. The summed E-state index contributed by atoms with van der Waals surface area (Å²) in [7, 11) is 0. The molecule has 0 saturated heterocycles. The van der Waals surface area contributed by atoms with Gasteiger partial charge in [-0.15, -0.1) is 0 Å². The Morgan fingerprint density at radius 3 is 0.780 bits per heavy atom. The number of esters is 3. The number of ether oxygens (including phenoxy) is 3. The van der Waals surface area contributed by atoms with Crippen molar-refractivity contribution in [3.63, 3.8) is 0 Å². The van der Waals surface area contributed by atoms with Crippen molar-refractivity contribution in [1.82, 2.24) is 0 Å². The number of allylic oxidation sites excluding steroid dienone is 30. The Morgan fingerprint density at radius 2 is 0.476 bits per heavy atom. The van der Waals surface area contributed by atoms with Crippen molar-refractivity contribution in [2.75, 3.05) is 13.2 Å². The van der Waals surface area contributed by atoms with E-state index in [1.54, 1.807) is 0 Å². The highest BCUT2D eigenvalue weighted by Crippen LogP contribution is 2.13. The molecule has 0 fully saturated rings. The fourth-order valence-corrected chi connectivity index (χ4v) is 8.28. The van der Waals surface area contributed by atoms with Gasteiger partial charge in [-0.2, -0.15) is 0 Å². The third-order valence-electron chi connectivity index (χ3n) is 13.1. The third kappa shape index (κ3) is 65.3. The van der Waals surface area contributed by atoms with Gasteiger partial charge in [-0.3, -0.25) is 14.4 Å². The Bertz CT molecular complexity index is 1920. The van der Waals surface area contributed by atoms with Gasteiger partial charge in [0.05, 0.1) is 0 Å². The monoisotopic (exact) mass is 1130 g/mol. The van der Waals surface area contributed by atoms with Crippen LogP contribution in [0.15, 0.2) is 182 Å². The molecular formula is C76H118O6. The topological polar surface area (TPSA) is 78.9 Å². The summed E-state index contributed by atoms with van der Waals surface area (Å²) >= 11 is 0. The highest BCUT2D eigenvalue weighted by atomic mass is 16.6. The molecule has 0 heterocycles. The molecule has 458 valence electrons. The molecule has 6 nitrogen and oxygen atoms in total. The molecule has 0 radical (unpaired) electrons. The fourth-order valence-electron chi connectivity index (χ4n) is 8.28. The maximum Gasteiger partial charge on any atom is 0.306 e. The summed E-state index contributed by atoms with van der Waals surface area (Å²) < 4.78 is 16.9. The van der Waals surface area contributed by atoms with Crippen LogP contribution in [0.25, 0.3) is 0 Å². The molecule has 0 aromatic carbocycles. The largest absolute Gasteiger partial charge is 0.462 e. The van der Waals surface area contributed by atoms with E-state index >= 15 is 0 Å². The van der Waals surface area contributed by atoms with Crippen molar-refractivity contribution in [3.8, 4) is 0 Å². The molecule has 0 aliphatic rings. The molecule has 0 spiro atoms. The van der Waals surface area contributed by atoms with Crippen LogP contribution in [0.2, 0.25) is 0 Å². The predicted octanol–water partition coefficient (Wildman–Crippen LogP) is 22.8. The van der Waals surface area contributed by atoms with Gasteiger partial charge in [0.15, 0.2) is 6.10 Å². The van der Waals surface area contributed by atoms with E-state index in [0.717, 1.165) is 161 Å². The molecule has 0 aromatic rings. The Morgan fingerprint density at radius 1 is 0.256 bits per heavy atom. The van der Waals surface area contributed by atoms with Gasteiger partial charge in [-0.25, -0.2) is 0 Å². The second kappa shape index (κ2) is 68.0. The molecule has 0 aliphatic carbocycles. The zero-order chi connectivity index (χ0) is 59.2. The normalized spacial score (nSPS) is 13.4. The molecule has 1 atom stereocenters. The van der Waals surface area contributed by atoms with Gasteiger partial charge in [0.1, 0.15) is 13.2 Å². The van der Waals surface area contributed by atoms with Gasteiger partial charge in [0, 0.05) is 19.3 Å². The van der Waals surface area contributed by atoms with Crippen LogP contribution in [-0.4, -0.2) is 37.2 Å². The summed E-state index contributed by atoms with van der Waals surface area (Å²) in [5.41, 5.74) is 0. The van der Waals surface area contributed by atoms with Crippen LogP contribution >= 0.6 is 0 Å². The van der Waals surface area contributed by atoms with Crippen molar-refractivity contribution in [2.24, 2.45) is 0 Å². The van der Waals surface area contributed by atoms with E-state index < -0.39 is 6.10 Å². The van der Waals surface area contributed by atoms with Crippen LogP contribution in [0.1, 0.15) is 258 Å². The van der Waals surface area contributed by atoms with Crippen molar-refractivity contribution in [3.05, 3.63) is 182 Å². The van der Waals surface area contributed by atoms with Gasteiger partial charge >= 0.3 is 17.9 Å². The lowest BCUT2D eigenvalue weighted by Crippen LogP contribution is -2.30. The van der Waals surface area contributed by atoms with E-state index in [1.165, 1.54) is 51.4 Å². The van der Waals surface area contributed by atoms with Crippen molar-refractivity contribution in [2.45, 2.75) is 264 Å². The molecule has 0 aliphatic heterocycles. The van der Waals surface area contributed by atoms with Crippen LogP contribution in [0.3, 0.4) is 0 Å². The Balaban J connectivity index is 4.48. The van der Waals surface area contributed by atoms with Crippen molar-refractivity contribution < 1.29 is 28.6 Å². The molecule has 0 saturated carbocycles. The lowest BCUT2D eigenvalue weighted by atomic mass is 10.1. The van der Waals surface area contributed by atoms with Gasteiger partial charge in [0.2, 0.25) is 0 Å². The second-order valence-electron chi connectivity index (χ2n) is 20.9. The van der Waals surface area contributed by atoms with E-state index in [2.05, 4.69) is 203 Å². The third-order valence-corrected chi connectivity index (χ3v) is 13.1. The summed E-state index contributed by atoms with van der Waals surface area (Å²) in [6.07, 6.45) is 102. The molecule has 0 bridgehead atoms. The van der Waals surface area contributed by atoms with E-state index in [0.29, 0.717) is 19.3 Å². The minimum atomic E-state index is -0.825. The van der Waals surface area contributed by atoms with E-state index in [4.69, 9.17) is 14.2 Å². The van der Waals surface area contributed by atoms with E-state index in [1.807, 2.05) is 0 Å². The lowest BCUT2D eigenvalue weighted by Gasteiger charge is -2.18. The lowest BCUT2D eigenvalue weighted by molar-refractivity contribution is -0.167. The Kier molecular flexibility index (Phi) is 63.5. The maximum absolute atomic E-state index is 12.9. The van der Waals surface area contributed by atoms with E-state index in [-0.39, 0.29) is 37.5 Å². The minimum Gasteiger partial charge on any atom is -0.462 e. The van der Waals surface area contributed by atoms with Gasteiger partial charge in [-0.1, -0.05) is 261 Å². The van der Waals surface area contributed by atoms with Crippen molar-refractivity contribution >= 4 is 17.9 Å². The molecule has 0 N–H and O–H groups in total. The zero-order valence-electron chi connectivity index (χ0n) is 52.4. The summed E-state index contributed by atoms with van der Waals surface area (Å²) in [4.78, 5) is 38.3. The van der Waals surface area contributed by atoms with Crippen LogP contribution in [0, 0.1) is 0 Å². The summed E-state index contributed by atoms with van der Waals surface area (Å²) in [5, 5.41) is 0. The smallest absolute Gasteiger partial charge is 0.306 e. The average Bonchev–Trinajstić information content (AvgIpc) is 3.47. The molecule has 6 heteroatoms. The number of carbonyl (C=O) groups excluding carboxylic acids is 3. The molecule has 0 aromatic heterocycles. The minimum absolute atomic E-state index is 0.121. The van der Waals surface area contributed by atoms with Gasteiger partial charge in [0.25, 0.3) is 0 Å². The van der Waals surface area contributed by atoms with Crippen LogP contribution in [-0.2, 0) is 28.6 Å². The highest BCUT2D eigenvalue weighted by molar-refractivity contribution is 5.71. The number of hydrogen-bond donors (Lipinski definition) is 0. The first kappa shape index (κ1) is 76.5. The first-order valence-electron chi connectivity index (χ1n) is 32.8. The quantitative estimate of drug-likeness (QED) is 0.0261. The molecular weight excluding hydrogens is 1010 g/mol. The second-order valence-corrected chi connectivity index (χ2v) is 20.9. The molecule has 0 amide bonds. The predicted molar refractivity (Wildman–Crippen MR) is 357 cm³/mol. The van der Waals surface area contributed by atoms with Gasteiger partial charge < -0.3 is 14.2 Å². The van der Waals surface area contributed by atoms with Gasteiger partial charge in [-0.05, 0) is 161 Å².